The molecular formula is C20H20ClN3O5S3. The molecule has 0 aliphatic carbocycles. The van der Waals surface area contributed by atoms with Gasteiger partial charge in [0.2, 0.25) is 0 Å². The molecule has 12 heteroatoms. The summed E-state index contributed by atoms with van der Waals surface area (Å²) < 4.78 is 42.1. The van der Waals surface area contributed by atoms with Gasteiger partial charge < -0.3 is 14.0 Å². The van der Waals surface area contributed by atoms with Gasteiger partial charge in [0, 0.05) is 25.2 Å². The zero-order valence-electron chi connectivity index (χ0n) is 17.1. The first kappa shape index (κ1) is 21.9. The summed E-state index contributed by atoms with van der Waals surface area (Å²) in [5.41, 5.74) is 0.900. The number of hydrogen-bond acceptors (Lipinski definition) is 7. The summed E-state index contributed by atoms with van der Waals surface area (Å²) in [6, 6.07) is 6.00. The molecule has 1 unspecified atom stereocenters. The van der Waals surface area contributed by atoms with E-state index in [0.717, 1.165) is 21.6 Å². The van der Waals surface area contributed by atoms with Crippen LogP contribution in [0.2, 0.25) is 4.34 Å². The van der Waals surface area contributed by atoms with E-state index >= 15 is 0 Å². The van der Waals surface area contributed by atoms with Crippen LogP contribution in [0, 0.1) is 0 Å². The van der Waals surface area contributed by atoms with E-state index in [-0.39, 0.29) is 10.8 Å². The number of amides is 1. The van der Waals surface area contributed by atoms with Gasteiger partial charge >= 0.3 is 0 Å². The van der Waals surface area contributed by atoms with Crippen molar-refractivity contribution < 1.29 is 22.7 Å². The Morgan fingerprint density at radius 3 is 2.66 bits per heavy atom. The molecule has 1 saturated heterocycles. The number of rotatable bonds is 4. The standard InChI is InChI=1S/C20H20ClN3O5S3/c1-2-23-13-10-14-15(29-9-8-28-14)11-16(13)30-20(23)22-19(25)12-4-3-7-24(12)32(26,27)18-6-5-17(21)31-18/h5-6,10-12H,2-4,7-9H2,1H3. The fourth-order valence-electron chi connectivity index (χ4n) is 3.99. The summed E-state index contributed by atoms with van der Waals surface area (Å²) in [5, 5.41) is 0. The Hall–Kier alpha value is -1.92. The molecule has 1 atom stereocenters. The van der Waals surface area contributed by atoms with Crippen molar-refractivity contribution in [1.29, 1.82) is 0 Å². The summed E-state index contributed by atoms with van der Waals surface area (Å²) in [6.07, 6.45) is 1.04. The molecule has 32 heavy (non-hydrogen) atoms. The van der Waals surface area contributed by atoms with Gasteiger partial charge in [-0.05, 0) is 31.9 Å². The maximum Gasteiger partial charge on any atom is 0.266 e. The smallest absolute Gasteiger partial charge is 0.266 e. The fraction of sp³-hybridized carbons (Fsp3) is 0.400. The number of aromatic nitrogens is 1. The van der Waals surface area contributed by atoms with Gasteiger partial charge in [-0.1, -0.05) is 22.9 Å². The number of halogens is 1. The number of ether oxygens (including phenoxy) is 2. The second-order valence-electron chi connectivity index (χ2n) is 7.37. The Labute approximate surface area is 197 Å². The molecule has 0 bridgehead atoms. The first-order valence-corrected chi connectivity index (χ1v) is 13.6. The normalized spacial score (nSPS) is 19.7. The largest absolute Gasteiger partial charge is 0.486 e. The van der Waals surface area contributed by atoms with Gasteiger partial charge in [-0.3, -0.25) is 4.79 Å². The van der Waals surface area contributed by atoms with Crippen LogP contribution in [0.5, 0.6) is 11.5 Å². The van der Waals surface area contributed by atoms with Crippen LogP contribution in [0.3, 0.4) is 0 Å². The van der Waals surface area contributed by atoms with Crippen molar-refractivity contribution in [3.05, 3.63) is 33.4 Å². The predicted molar refractivity (Wildman–Crippen MR) is 123 cm³/mol. The number of fused-ring (bicyclic) bond motifs is 2. The third kappa shape index (κ3) is 3.75. The average molecular weight is 514 g/mol. The third-order valence-electron chi connectivity index (χ3n) is 5.47. The quantitative estimate of drug-likeness (QED) is 0.532. The van der Waals surface area contributed by atoms with E-state index in [1.165, 1.54) is 21.7 Å². The highest BCUT2D eigenvalue weighted by Gasteiger charge is 2.40. The summed E-state index contributed by atoms with van der Waals surface area (Å²) in [6.45, 7) is 3.84. The lowest BCUT2D eigenvalue weighted by Crippen LogP contribution is -2.40. The number of nitrogens with zero attached hydrogens (tertiary/aromatic N) is 3. The topological polar surface area (TPSA) is 90.2 Å². The average Bonchev–Trinajstić information content (AvgIpc) is 3.50. The lowest BCUT2D eigenvalue weighted by Gasteiger charge is -2.20. The third-order valence-corrected chi connectivity index (χ3v) is 10.1. The Bertz CT molecular complexity index is 1370. The molecule has 3 aromatic rings. The Kier molecular flexibility index (Phi) is 5.79. The zero-order valence-corrected chi connectivity index (χ0v) is 20.3. The molecule has 2 aromatic heterocycles. The van der Waals surface area contributed by atoms with Crippen molar-refractivity contribution in [2.75, 3.05) is 19.8 Å². The van der Waals surface area contributed by atoms with Crippen molar-refractivity contribution in [1.82, 2.24) is 8.87 Å². The summed E-state index contributed by atoms with van der Waals surface area (Å²) in [4.78, 5) is 18.1. The Morgan fingerprint density at radius 2 is 1.97 bits per heavy atom. The molecule has 0 saturated carbocycles. The molecule has 4 heterocycles. The fourth-order valence-corrected chi connectivity index (χ4v) is 8.37. The molecule has 1 fully saturated rings. The monoisotopic (exact) mass is 513 g/mol. The highest BCUT2D eigenvalue weighted by Crippen LogP contribution is 2.36. The molecule has 1 aromatic carbocycles. The first-order valence-electron chi connectivity index (χ1n) is 10.2. The van der Waals surface area contributed by atoms with Crippen molar-refractivity contribution in [3.8, 4) is 11.5 Å². The number of thiazole rings is 1. The number of benzene rings is 1. The Morgan fingerprint density at radius 1 is 1.22 bits per heavy atom. The van der Waals surface area contributed by atoms with Gasteiger partial charge in [-0.2, -0.15) is 9.30 Å². The minimum Gasteiger partial charge on any atom is -0.486 e. The molecule has 8 nitrogen and oxygen atoms in total. The first-order chi connectivity index (χ1) is 15.4. The summed E-state index contributed by atoms with van der Waals surface area (Å²) in [5.74, 6) is 0.887. The van der Waals surface area contributed by atoms with Crippen molar-refractivity contribution >= 4 is 60.4 Å². The van der Waals surface area contributed by atoms with Gasteiger partial charge in [-0.25, -0.2) is 8.42 Å². The highest BCUT2D eigenvalue weighted by atomic mass is 35.5. The molecular weight excluding hydrogens is 494 g/mol. The lowest BCUT2D eigenvalue weighted by atomic mass is 10.2. The number of hydrogen-bond donors (Lipinski definition) is 0. The van der Waals surface area contributed by atoms with Crippen LogP contribution in [0.4, 0.5) is 0 Å². The van der Waals surface area contributed by atoms with Crippen LogP contribution in [-0.2, 0) is 21.4 Å². The minimum atomic E-state index is -3.81. The summed E-state index contributed by atoms with van der Waals surface area (Å²) >= 11 is 8.29. The second kappa shape index (κ2) is 8.45. The molecule has 0 radical (unpaired) electrons. The van der Waals surface area contributed by atoms with Gasteiger partial charge in [-0.15, -0.1) is 11.3 Å². The Balaban J connectivity index is 1.52. The van der Waals surface area contributed by atoms with Crippen LogP contribution in [0.1, 0.15) is 19.8 Å². The van der Waals surface area contributed by atoms with Gasteiger partial charge in [0.05, 0.1) is 14.6 Å². The van der Waals surface area contributed by atoms with Crippen molar-refractivity contribution in [2.45, 2.75) is 36.6 Å². The van der Waals surface area contributed by atoms with E-state index in [1.54, 1.807) is 6.07 Å². The van der Waals surface area contributed by atoms with E-state index in [4.69, 9.17) is 21.1 Å². The van der Waals surface area contributed by atoms with Crippen LogP contribution in [0.25, 0.3) is 10.2 Å². The predicted octanol–water partition coefficient (Wildman–Crippen LogP) is 3.49. The molecule has 2 aliphatic rings. The lowest BCUT2D eigenvalue weighted by molar-refractivity contribution is -0.121. The van der Waals surface area contributed by atoms with Crippen molar-refractivity contribution in [2.24, 2.45) is 4.99 Å². The number of sulfonamides is 1. The number of carbonyl (C=O) groups is 1. The van der Waals surface area contributed by atoms with Gasteiger partial charge in [0.25, 0.3) is 15.9 Å². The van der Waals surface area contributed by atoms with Crippen LogP contribution in [-0.4, -0.2) is 49.0 Å². The number of aryl methyl sites for hydroxylation is 1. The van der Waals surface area contributed by atoms with E-state index < -0.39 is 22.0 Å². The highest BCUT2D eigenvalue weighted by molar-refractivity contribution is 7.91. The second-order valence-corrected chi connectivity index (χ2v) is 12.2. The number of carbonyl (C=O) groups excluding carboxylic acids is 1. The molecule has 2 aliphatic heterocycles. The van der Waals surface area contributed by atoms with Gasteiger partial charge in [0.1, 0.15) is 23.5 Å². The molecule has 1 amide bonds. The van der Waals surface area contributed by atoms with Gasteiger partial charge in [0.15, 0.2) is 16.3 Å². The van der Waals surface area contributed by atoms with E-state index in [1.807, 2.05) is 23.6 Å². The van der Waals surface area contributed by atoms with E-state index in [9.17, 15) is 13.2 Å². The maximum absolute atomic E-state index is 13.2. The zero-order chi connectivity index (χ0) is 22.5. The number of thiophene rings is 1. The molecule has 0 spiro atoms. The summed E-state index contributed by atoms with van der Waals surface area (Å²) in [7, 11) is -3.81. The van der Waals surface area contributed by atoms with Crippen LogP contribution < -0.4 is 14.3 Å². The molecule has 5 rings (SSSR count). The van der Waals surface area contributed by atoms with Crippen molar-refractivity contribution in [3.63, 3.8) is 0 Å². The molecule has 170 valence electrons. The van der Waals surface area contributed by atoms with E-state index in [2.05, 4.69) is 4.99 Å². The maximum atomic E-state index is 13.2. The SMILES string of the molecule is CCn1c(=NC(=O)C2CCCN2S(=O)(=O)c2ccc(Cl)s2)sc2cc3c(cc21)OCCO3. The minimum absolute atomic E-state index is 0.137. The van der Waals surface area contributed by atoms with Crippen LogP contribution >= 0.6 is 34.3 Å². The van der Waals surface area contributed by atoms with E-state index in [0.29, 0.717) is 53.2 Å². The van der Waals surface area contributed by atoms with Crippen LogP contribution in [0.15, 0.2) is 33.5 Å². The molecule has 0 N–H and O–H groups in total.